The quantitative estimate of drug-likeness (QED) is 0.464. The van der Waals surface area contributed by atoms with Gasteiger partial charge in [0.25, 0.3) is 0 Å². The minimum absolute atomic E-state index is 0.253. The molecule has 0 spiro atoms. The summed E-state index contributed by atoms with van der Waals surface area (Å²) in [6, 6.07) is 24.6. The Hall–Kier alpha value is -3.08. The van der Waals surface area contributed by atoms with Gasteiger partial charge in [0.15, 0.2) is 0 Å². The molecule has 0 radical (unpaired) electrons. The Balaban J connectivity index is 1.77. The molecule has 144 valence electrons. The highest BCUT2D eigenvalue weighted by Crippen LogP contribution is 2.32. The van der Waals surface area contributed by atoms with Crippen LogP contribution in [0.4, 0.5) is 0 Å². The normalized spacial score (nSPS) is 10.8. The highest BCUT2D eigenvalue weighted by Gasteiger charge is 2.19. The zero-order valence-electron chi connectivity index (χ0n) is 15.2. The average Bonchev–Trinajstić information content (AvgIpc) is 3.04. The zero-order valence-corrected chi connectivity index (χ0v) is 16.7. The summed E-state index contributed by atoms with van der Waals surface area (Å²) in [7, 11) is 0. The van der Waals surface area contributed by atoms with E-state index in [9.17, 15) is 9.90 Å². The number of aromatic nitrogens is 2. The first kappa shape index (κ1) is 19.2. The molecule has 0 saturated heterocycles. The number of carbonyl (C=O) groups is 1. The van der Waals surface area contributed by atoms with E-state index in [-0.39, 0.29) is 11.6 Å². The van der Waals surface area contributed by atoms with Crippen molar-refractivity contribution in [3.05, 3.63) is 94.6 Å². The number of carbonyl (C=O) groups excluding carboxylic acids is 1. The van der Waals surface area contributed by atoms with Gasteiger partial charge in [-0.15, -0.1) is 0 Å². The second-order valence-electron chi connectivity index (χ2n) is 6.50. The molecule has 1 heterocycles. The summed E-state index contributed by atoms with van der Waals surface area (Å²) in [5.74, 6) is -1.21. The van der Waals surface area contributed by atoms with E-state index >= 15 is 0 Å². The van der Waals surface area contributed by atoms with Gasteiger partial charge in [-0.3, -0.25) is 0 Å². The van der Waals surface area contributed by atoms with Gasteiger partial charge in [0.2, 0.25) is 0 Å². The van der Waals surface area contributed by atoms with Crippen molar-refractivity contribution < 1.29 is 9.90 Å². The first-order valence-electron chi connectivity index (χ1n) is 8.92. The summed E-state index contributed by atoms with van der Waals surface area (Å²) in [5.41, 5.74) is 4.47. The van der Waals surface area contributed by atoms with Gasteiger partial charge in [0, 0.05) is 28.5 Å². The first-order chi connectivity index (χ1) is 14.0. The molecular weight excluding hydrogens is 407 g/mol. The Kier molecular flexibility index (Phi) is 5.38. The second kappa shape index (κ2) is 8.11. The third-order valence-electron chi connectivity index (χ3n) is 4.56. The summed E-state index contributed by atoms with van der Waals surface area (Å²) < 4.78 is 1.55. The highest BCUT2D eigenvalue weighted by molar-refractivity contribution is 6.31. The van der Waals surface area contributed by atoms with Crippen molar-refractivity contribution in [1.29, 1.82) is 0 Å². The van der Waals surface area contributed by atoms with Crippen LogP contribution in [0.15, 0.2) is 78.9 Å². The lowest BCUT2D eigenvalue weighted by molar-refractivity contribution is -0.304. The van der Waals surface area contributed by atoms with Crippen LogP contribution in [0.2, 0.25) is 10.2 Å². The van der Waals surface area contributed by atoms with Crippen LogP contribution >= 0.6 is 23.2 Å². The maximum absolute atomic E-state index is 11.3. The van der Waals surface area contributed by atoms with Crippen molar-refractivity contribution in [1.82, 2.24) is 9.78 Å². The van der Waals surface area contributed by atoms with Crippen molar-refractivity contribution in [2.45, 2.75) is 6.42 Å². The molecule has 29 heavy (non-hydrogen) atoms. The van der Waals surface area contributed by atoms with E-state index in [2.05, 4.69) is 5.10 Å². The average molecular weight is 422 g/mol. The minimum atomic E-state index is -1.21. The molecule has 0 aliphatic carbocycles. The van der Waals surface area contributed by atoms with Crippen molar-refractivity contribution in [2.75, 3.05) is 0 Å². The van der Waals surface area contributed by atoms with Crippen LogP contribution in [0.1, 0.15) is 5.56 Å². The molecule has 3 aromatic carbocycles. The summed E-state index contributed by atoms with van der Waals surface area (Å²) >= 11 is 12.6. The highest BCUT2D eigenvalue weighted by atomic mass is 35.5. The lowest BCUT2D eigenvalue weighted by Crippen LogP contribution is -2.24. The fourth-order valence-electron chi connectivity index (χ4n) is 3.19. The summed E-state index contributed by atoms with van der Waals surface area (Å²) in [5, 5.41) is 16.8. The number of benzene rings is 3. The van der Waals surface area contributed by atoms with Gasteiger partial charge in [0.1, 0.15) is 5.15 Å². The fourth-order valence-corrected chi connectivity index (χ4v) is 3.67. The van der Waals surface area contributed by atoms with Gasteiger partial charge in [-0.25, -0.2) is 4.68 Å². The molecule has 0 atom stereocenters. The van der Waals surface area contributed by atoms with Crippen LogP contribution in [0.3, 0.4) is 0 Å². The van der Waals surface area contributed by atoms with E-state index in [1.54, 1.807) is 4.68 Å². The van der Waals surface area contributed by atoms with E-state index in [4.69, 9.17) is 23.2 Å². The van der Waals surface area contributed by atoms with Gasteiger partial charge in [-0.05, 0) is 35.4 Å². The van der Waals surface area contributed by atoms with E-state index < -0.39 is 5.97 Å². The molecule has 0 bridgehead atoms. The van der Waals surface area contributed by atoms with Gasteiger partial charge < -0.3 is 9.90 Å². The number of hydrogen-bond acceptors (Lipinski definition) is 3. The predicted octanol–water partition coefficient (Wildman–Crippen LogP) is 4.81. The number of nitrogens with zero attached hydrogens (tertiary/aromatic N) is 2. The molecule has 0 fully saturated rings. The third kappa shape index (κ3) is 4.04. The number of carboxylic acid groups (broad SMARTS) is 1. The molecule has 4 nitrogen and oxygen atoms in total. The Morgan fingerprint density at radius 1 is 0.862 bits per heavy atom. The summed E-state index contributed by atoms with van der Waals surface area (Å²) in [6.45, 7) is 0. The minimum Gasteiger partial charge on any atom is -0.550 e. The van der Waals surface area contributed by atoms with Gasteiger partial charge in [0.05, 0.1) is 11.4 Å². The number of hydrogen-bond donors (Lipinski definition) is 0. The van der Waals surface area contributed by atoms with Crippen LogP contribution in [0.25, 0.3) is 28.1 Å². The number of halogens is 2. The maximum atomic E-state index is 11.3. The van der Waals surface area contributed by atoms with Crippen LogP contribution in [-0.4, -0.2) is 15.7 Å². The monoisotopic (exact) mass is 421 g/mol. The van der Waals surface area contributed by atoms with Crippen LogP contribution in [-0.2, 0) is 11.2 Å². The topological polar surface area (TPSA) is 57.9 Å². The number of carboxylic acids is 1. The van der Waals surface area contributed by atoms with Gasteiger partial charge in [-0.1, -0.05) is 77.8 Å². The molecule has 0 saturated carbocycles. The predicted molar refractivity (Wildman–Crippen MR) is 113 cm³/mol. The maximum Gasteiger partial charge on any atom is 0.137 e. The lowest BCUT2D eigenvalue weighted by Gasteiger charge is -2.07. The molecule has 0 aliphatic heterocycles. The first-order valence-corrected chi connectivity index (χ1v) is 9.67. The van der Waals surface area contributed by atoms with E-state index in [0.29, 0.717) is 16.3 Å². The summed E-state index contributed by atoms with van der Waals surface area (Å²) in [4.78, 5) is 11.3. The van der Waals surface area contributed by atoms with Crippen molar-refractivity contribution in [3.63, 3.8) is 0 Å². The Morgan fingerprint density at radius 3 is 2.21 bits per heavy atom. The molecule has 4 rings (SSSR count). The third-order valence-corrected chi connectivity index (χ3v) is 5.18. The molecule has 0 unspecified atom stereocenters. The van der Waals surface area contributed by atoms with E-state index in [1.807, 2.05) is 78.9 Å². The van der Waals surface area contributed by atoms with Crippen molar-refractivity contribution in [2.24, 2.45) is 0 Å². The molecular formula is C23H15Cl2N2O2-. The number of rotatable bonds is 5. The van der Waals surface area contributed by atoms with Crippen LogP contribution in [0.5, 0.6) is 0 Å². The zero-order chi connectivity index (χ0) is 20.4. The van der Waals surface area contributed by atoms with E-state index in [1.165, 1.54) is 0 Å². The largest absolute Gasteiger partial charge is 0.550 e. The molecule has 0 amide bonds. The Morgan fingerprint density at radius 2 is 1.55 bits per heavy atom. The molecule has 0 N–H and O–H groups in total. The van der Waals surface area contributed by atoms with Crippen LogP contribution in [0, 0.1) is 0 Å². The fraction of sp³-hybridized carbons (Fsp3) is 0.0435. The SMILES string of the molecule is O=C([O-])Cc1c(-c2ccccc2)nn(-c2ccc(-c3cccc(Cl)c3)cc2)c1Cl. The molecule has 6 heteroatoms. The Bertz CT molecular complexity index is 1170. The summed E-state index contributed by atoms with van der Waals surface area (Å²) in [6.07, 6.45) is -0.316. The van der Waals surface area contributed by atoms with Gasteiger partial charge in [-0.2, -0.15) is 5.10 Å². The molecule has 4 aromatic rings. The standard InChI is InChI=1S/C23H16Cl2N2O2/c24-18-8-4-7-17(13-18)15-9-11-19(12-10-15)27-23(25)20(14-21(28)29)22(26-27)16-5-2-1-3-6-16/h1-13H,14H2,(H,28,29)/p-1. The van der Waals surface area contributed by atoms with Gasteiger partial charge >= 0.3 is 0 Å². The lowest BCUT2D eigenvalue weighted by atomic mass is 10.1. The van der Waals surface area contributed by atoms with Crippen molar-refractivity contribution in [3.8, 4) is 28.1 Å². The van der Waals surface area contributed by atoms with Crippen LogP contribution < -0.4 is 5.11 Å². The molecule has 0 aliphatic rings. The smallest absolute Gasteiger partial charge is 0.137 e. The molecule has 1 aromatic heterocycles. The Labute approximate surface area is 178 Å². The van der Waals surface area contributed by atoms with E-state index in [0.717, 1.165) is 22.4 Å². The van der Waals surface area contributed by atoms with Crippen molar-refractivity contribution >= 4 is 29.2 Å². The second-order valence-corrected chi connectivity index (χ2v) is 7.30. The number of aliphatic carboxylic acids is 1.